The number of pyridine rings is 1. The largest absolute Gasteiger partial charge is 0.320 e. The van der Waals surface area contributed by atoms with Gasteiger partial charge in [-0.2, -0.15) is 0 Å². The van der Waals surface area contributed by atoms with Crippen LogP contribution in [0.15, 0.2) is 45.8 Å². The summed E-state index contributed by atoms with van der Waals surface area (Å²) >= 11 is 26.0. The number of nitro groups is 1. The van der Waals surface area contributed by atoms with Crippen molar-refractivity contribution >= 4 is 86.8 Å². The van der Waals surface area contributed by atoms with Crippen molar-refractivity contribution in [1.82, 2.24) is 4.98 Å². The zero-order chi connectivity index (χ0) is 20.4. The molecule has 2 aromatic heterocycles. The lowest BCUT2D eigenvalue weighted by Gasteiger charge is -2.06. The molecule has 12 heteroatoms. The highest BCUT2D eigenvalue weighted by Crippen LogP contribution is 2.45. The van der Waals surface area contributed by atoms with Gasteiger partial charge in [-0.15, -0.1) is 11.3 Å². The van der Waals surface area contributed by atoms with Crippen LogP contribution in [0.3, 0.4) is 0 Å². The van der Waals surface area contributed by atoms with Crippen LogP contribution in [0.5, 0.6) is 0 Å². The molecule has 0 fully saturated rings. The van der Waals surface area contributed by atoms with Crippen LogP contribution < -0.4 is 5.32 Å². The molecule has 2 heterocycles. The molecule has 0 radical (unpaired) electrons. The first-order valence-electron chi connectivity index (χ1n) is 7.27. The molecule has 1 N–H and O–H groups in total. The van der Waals surface area contributed by atoms with Gasteiger partial charge >= 0.3 is 0 Å². The molecule has 6 nitrogen and oxygen atoms in total. The van der Waals surface area contributed by atoms with Crippen molar-refractivity contribution in [2.45, 2.75) is 9.10 Å². The third-order valence-corrected chi connectivity index (χ3v) is 7.09. The first kappa shape index (κ1) is 21.2. The van der Waals surface area contributed by atoms with Gasteiger partial charge in [0.2, 0.25) is 0 Å². The Morgan fingerprint density at radius 2 is 1.79 bits per heavy atom. The average Bonchev–Trinajstić information content (AvgIpc) is 3.05. The second-order valence-corrected chi connectivity index (χ2v) is 9.14. The number of amides is 1. The molecule has 0 unspecified atom stereocenters. The molecule has 3 aromatic rings. The molecule has 0 saturated heterocycles. The van der Waals surface area contributed by atoms with E-state index in [9.17, 15) is 14.9 Å². The summed E-state index contributed by atoms with van der Waals surface area (Å²) in [5.74, 6) is -0.545. The molecule has 0 aliphatic rings. The van der Waals surface area contributed by atoms with Crippen LogP contribution >= 0.6 is 69.5 Å². The van der Waals surface area contributed by atoms with E-state index in [1.807, 2.05) is 0 Å². The van der Waals surface area contributed by atoms with Gasteiger partial charge in [-0.25, -0.2) is 0 Å². The van der Waals surface area contributed by atoms with E-state index in [1.54, 1.807) is 6.07 Å². The molecule has 1 amide bonds. The van der Waals surface area contributed by atoms with Crippen LogP contribution in [0.4, 0.5) is 11.4 Å². The predicted molar refractivity (Wildman–Crippen MR) is 114 cm³/mol. The number of nitrogens with zero attached hydrogens (tertiary/aromatic N) is 2. The molecule has 0 saturated carbocycles. The van der Waals surface area contributed by atoms with Gasteiger partial charge in [0.25, 0.3) is 11.6 Å². The van der Waals surface area contributed by atoms with Crippen LogP contribution in [-0.2, 0) is 0 Å². The summed E-state index contributed by atoms with van der Waals surface area (Å²) in [5, 5.41) is 15.2. The molecule has 144 valence electrons. The third-order valence-electron chi connectivity index (χ3n) is 3.28. The Balaban J connectivity index is 1.92. The lowest BCUT2D eigenvalue weighted by molar-refractivity contribution is -0.387. The zero-order valence-electron chi connectivity index (χ0n) is 13.4. The molecular formula is C16H7Cl4N3O3S2. The van der Waals surface area contributed by atoms with Crippen molar-refractivity contribution in [3.8, 4) is 0 Å². The van der Waals surface area contributed by atoms with Crippen molar-refractivity contribution in [2.24, 2.45) is 0 Å². The summed E-state index contributed by atoms with van der Waals surface area (Å²) in [5.41, 5.74) is 0.104. The third kappa shape index (κ3) is 4.71. The highest BCUT2D eigenvalue weighted by atomic mass is 35.5. The second-order valence-electron chi connectivity index (χ2n) is 5.15. The number of hydrogen-bond donors (Lipinski definition) is 1. The molecule has 0 atom stereocenters. The van der Waals surface area contributed by atoms with Crippen molar-refractivity contribution in [2.75, 3.05) is 5.32 Å². The number of hydrogen-bond acceptors (Lipinski definition) is 6. The van der Waals surface area contributed by atoms with E-state index in [4.69, 9.17) is 46.4 Å². The molecule has 3 rings (SSSR count). The summed E-state index contributed by atoms with van der Waals surface area (Å²) in [4.78, 5) is 27.8. The Labute approximate surface area is 186 Å². The van der Waals surface area contributed by atoms with E-state index >= 15 is 0 Å². The number of nitrogens with one attached hydrogen (secondary N) is 1. The number of carbonyl (C=O) groups is 1. The SMILES string of the molecule is O=C(Nc1ccc(Cl)cc1Cl)c1cc([N+](=O)[O-])c(Sc2c(Cl)cncc2Cl)s1. The van der Waals surface area contributed by atoms with Gasteiger partial charge in [0.15, 0.2) is 0 Å². The van der Waals surface area contributed by atoms with Crippen molar-refractivity contribution < 1.29 is 9.72 Å². The lowest BCUT2D eigenvalue weighted by Crippen LogP contribution is -2.10. The van der Waals surface area contributed by atoms with Gasteiger partial charge < -0.3 is 5.32 Å². The minimum absolute atomic E-state index is 0.126. The number of halogens is 4. The Kier molecular flexibility index (Phi) is 6.69. The fourth-order valence-corrected chi connectivity index (χ4v) is 5.26. The lowest BCUT2D eigenvalue weighted by atomic mass is 10.3. The number of carbonyl (C=O) groups excluding carboxylic acids is 1. The predicted octanol–water partition coefficient (Wildman–Crippen LogP) is 7.07. The van der Waals surface area contributed by atoms with E-state index in [-0.39, 0.29) is 29.8 Å². The van der Waals surface area contributed by atoms with Crippen molar-refractivity contribution in [3.63, 3.8) is 0 Å². The summed E-state index contributed by atoms with van der Waals surface area (Å²) in [6, 6.07) is 5.77. The molecule has 1 aromatic carbocycles. The number of thiophene rings is 1. The minimum Gasteiger partial charge on any atom is -0.320 e. The molecule has 0 aliphatic carbocycles. The van der Waals surface area contributed by atoms with Gasteiger partial charge in [0.1, 0.15) is 9.09 Å². The maximum Gasteiger partial charge on any atom is 0.294 e. The maximum atomic E-state index is 12.5. The van der Waals surface area contributed by atoms with Crippen LogP contribution in [0.1, 0.15) is 9.67 Å². The number of aromatic nitrogens is 1. The Morgan fingerprint density at radius 3 is 2.39 bits per heavy atom. The topological polar surface area (TPSA) is 85.1 Å². The first-order valence-corrected chi connectivity index (χ1v) is 10.4. The van der Waals surface area contributed by atoms with Gasteiger partial charge in [-0.05, 0) is 18.2 Å². The van der Waals surface area contributed by atoms with Crippen molar-refractivity contribution in [3.05, 3.63) is 71.7 Å². The van der Waals surface area contributed by atoms with E-state index in [1.165, 1.54) is 30.6 Å². The fourth-order valence-electron chi connectivity index (χ4n) is 2.04. The van der Waals surface area contributed by atoms with E-state index in [0.29, 0.717) is 15.6 Å². The fraction of sp³-hybridized carbons (Fsp3) is 0. The quantitative estimate of drug-likeness (QED) is 0.302. The monoisotopic (exact) mass is 493 g/mol. The molecule has 0 bridgehead atoms. The summed E-state index contributed by atoms with van der Waals surface area (Å²) in [7, 11) is 0. The zero-order valence-corrected chi connectivity index (χ0v) is 18.1. The van der Waals surface area contributed by atoms with E-state index in [0.717, 1.165) is 23.1 Å². The van der Waals surface area contributed by atoms with Gasteiger partial charge in [0.05, 0.1) is 30.6 Å². The Hall–Kier alpha value is -1.55. The minimum atomic E-state index is -0.576. The van der Waals surface area contributed by atoms with E-state index in [2.05, 4.69) is 10.3 Å². The average molecular weight is 495 g/mol. The summed E-state index contributed by atoms with van der Waals surface area (Å²) in [6.07, 6.45) is 2.76. The molecule has 0 spiro atoms. The highest BCUT2D eigenvalue weighted by Gasteiger charge is 2.25. The highest BCUT2D eigenvalue weighted by molar-refractivity contribution is 8.01. The van der Waals surface area contributed by atoms with Gasteiger partial charge in [0, 0.05) is 23.5 Å². The molecule has 0 aliphatic heterocycles. The van der Waals surface area contributed by atoms with Crippen LogP contribution in [-0.4, -0.2) is 15.8 Å². The number of anilines is 1. The second kappa shape index (κ2) is 8.86. The smallest absolute Gasteiger partial charge is 0.294 e. The molecule has 28 heavy (non-hydrogen) atoms. The summed E-state index contributed by atoms with van der Waals surface area (Å²) in [6.45, 7) is 0. The summed E-state index contributed by atoms with van der Waals surface area (Å²) < 4.78 is 0.257. The Bertz CT molecular complexity index is 1070. The number of benzene rings is 1. The molecular weight excluding hydrogens is 488 g/mol. The number of rotatable bonds is 5. The van der Waals surface area contributed by atoms with Gasteiger partial charge in [-0.3, -0.25) is 19.9 Å². The Morgan fingerprint density at radius 1 is 1.11 bits per heavy atom. The maximum absolute atomic E-state index is 12.5. The van der Waals surface area contributed by atoms with Gasteiger partial charge in [-0.1, -0.05) is 58.2 Å². The van der Waals surface area contributed by atoms with Crippen molar-refractivity contribution in [1.29, 1.82) is 0 Å². The van der Waals surface area contributed by atoms with Crippen LogP contribution in [0, 0.1) is 10.1 Å². The standard InChI is InChI=1S/C16H7Cl4N3O3S2/c17-7-1-2-11(8(18)3-7)22-15(24)13-4-12(23(25)26)16(27-13)28-14-9(19)5-21-6-10(14)20/h1-6H,(H,22,24). The first-order chi connectivity index (χ1) is 13.3. The van der Waals surface area contributed by atoms with Crippen LogP contribution in [0.2, 0.25) is 20.1 Å². The normalized spacial score (nSPS) is 10.7. The van der Waals surface area contributed by atoms with Crippen LogP contribution in [0.25, 0.3) is 0 Å². The van der Waals surface area contributed by atoms with E-state index < -0.39 is 10.8 Å².